The van der Waals surface area contributed by atoms with Gasteiger partial charge in [-0.15, -0.1) is 0 Å². The quantitative estimate of drug-likeness (QED) is 0.851. The van der Waals surface area contributed by atoms with E-state index in [0.717, 1.165) is 5.56 Å². The maximum absolute atomic E-state index is 13.7. The van der Waals surface area contributed by atoms with E-state index in [-0.39, 0.29) is 5.91 Å². The molecule has 3 nitrogen and oxygen atoms in total. The minimum absolute atomic E-state index is 0.306. The van der Waals surface area contributed by atoms with Crippen molar-refractivity contribution in [3.8, 4) is 11.1 Å². The number of halogens is 1. The summed E-state index contributed by atoms with van der Waals surface area (Å²) in [5.41, 5.74) is 1.86. The SMILES string of the molecule is COCCNC(=O)c1cc(F)cc(-c2ccccc2)c1. The van der Waals surface area contributed by atoms with Gasteiger partial charge in [0.2, 0.25) is 0 Å². The summed E-state index contributed by atoms with van der Waals surface area (Å²) < 4.78 is 18.5. The first kappa shape index (κ1) is 14.2. The summed E-state index contributed by atoms with van der Waals surface area (Å²) in [6.45, 7) is 0.819. The van der Waals surface area contributed by atoms with Crippen LogP contribution in [0.4, 0.5) is 4.39 Å². The fraction of sp³-hybridized carbons (Fsp3) is 0.188. The van der Waals surface area contributed by atoms with Crippen molar-refractivity contribution in [3.05, 3.63) is 59.9 Å². The number of rotatable bonds is 5. The highest BCUT2D eigenvalue weighted by Gasteiger charge is 2.09. The highest BCUT2D eigenvalue weighted by atomic mass is 19.1. The third-order valence-electron chi connectivity index (χ3n) is 2.86. The van der Waals surface area contributed by atoms with E-state index in [9.17, 15) is 9.18 Å². The van der Waals surface area contributed by atoms with Crippen LogP contribution in [0.15, 0.2) is 48.5 Å². The van der Waals surface area contributed by atoms with Gasteiger partial charge >= 0.3 is 0 Å². The third-order valence-corrected chi connectivity index (χ3v) is 2.86. The molecule has 0 heterocycles. The van der Waals surface area contributed by atoms with Gasteiger partial charge in [-0.3, -0.25) is 4.79 Å². The van der Waals surface area contributed by atoms with Gasteiger partial charge in [-0.25, -0.2) is 4.39 Å². The molecule has 1 amide bonds. The summed E-state index contributed by atoms with van der Waals surface area (Å²) in [7, 11) is 1.56. The Bertz CT molecular complexity index is 584. The van der Waals surface area contributed by atoms with Gasteiger partial charge in [-0.05, 0) is 29.3 Å². The van der Waals surface area contributed by atoms with E-state index in [1.165, 1.54) is 12.1 Å². The second-order valence-corrected chi connectivity index (χ2v) is 4.34. The number of hydrogen-bond donors (Lipinski definition) is 1. The smallest absolute Gasteiger partial charge is 0.251 e. The molecule has 2 aromatic rings. The van der Waals surface area contributed by atoms with Crippen LogP contribution in [0.2, 0.25) is 0 Å². The van der Waals surface area contributed by atoms with Crippen LogP contribution in [-0.2, 0) is 4.74 Å². The normalized spacial score (nSPS) is 10.3. The average Bonchev–Trinajstić information content (AvgIpc) is 2.47. The van der Waals surface area contributed by atoms with Crippen LogP contribution in [0.5, 0.6) is 0 Å². The Labute approximate surface area is 117 Å². The molecule has 0 aliphatic carbocycles. The molecule has 0 aliphatic heterocycles. The van der Waals surface area contributed by atoms with Crippen LogP contribution in [-0.4, -0.2) is 26.2 Å². The molecule has 2 aromatic carbocycles. The molecule has 0 spiro atoms. The topological polar surface area (TPSA) is 38.3 Å². The molecule has 2 rings (SSSR count). The van der Waals surface area contributed by atoms with Crippen molar-refractivity contribution in [2.24, 2.45) is 0 Å². The second-order valence-electron chi connectivity index (χ2n) is 4.34. The fourth-order valence-corrected chi connectivity index (χ4v) is 1.89. The number of amides is 1. The van der Waals surface area contributed by atoms with Gasteiger partial charge in [0.05, 0.1) is 6.61 Å². The third kappa shape index (κ3) is 3.65. The lowest BCUT2D eigenvalue weighted by atomic mass is 10.0. The minimum Gasteiger partial charge on any atom is -0.383 e. The molecule has 0 unspecified atom stereocenters. The van der Waals surface area contributed by atoms with Crippen molar-refractivity contribution < 1.29 is 13.9 Å². The average molecular weight is 273 g/mol. The molecule has 0 saturated heterocycles. The van der Waals surface area contributed by atoms with Crippen LogP contribution in [0.25, 0.3) is 11.1 Å². The van der Waals surface area contributed by atoms with Gasteiger partial charge in [0.25, 0.3) is 5.91 Å². The Morgan fingerprint density at radius 2 is 1.90 bits per heavy atom. The standard InChI is InChI=1S/C16H16FNO2/c1-20-8-7-18-16(19)14-9-13(10-15(17)11-14)12-5-3-2-4-6-12/h2-6,9-11H,7-8H2,1H3,(H,18,19). The first-order valence-corrected chi connectivity index (χ1v) is 6.34. The molecule has 20 heavy (non-hydrogen) atoms. The monoisotopic (exact) mass is 273 g/mol. The molecule has 0 aromatic heterocycles. The summed E-state index contributed by atoms with van der Waals surface area (Å²) in [5, 5.41) is 2.68. The van der Waals surface area contributed by atoms with E-state index >= 15 is 0 Å². The molecule has 0 aliphatic rings. The number of ether oxygens (including phenoxy) is 1. The zero-order valence-corrected chi connectivity index (χ0v) is 11.2. The van der Waals surface area contributed by atoms with Crippen LogP contribution in [0.3, 0.4) is 0 Å². The number of methoxy groups -OCH3 is 1. The Balaban J connectivity index is 2.23. The van der Waals surface area contributed by atoms with Crippen molar-refractivity contribution in [3.63, 3.8) is 0 Å². The predicted octanol–water partition coefficient (Wildman–Crippen LogP) is 2.87. The molecular weight excluding hydrogens is 257 g/mol. The van der Waals surface area contributed by atoms with Gasteiger partial charge in [-0.1, -0.05) is 30.3 Å². The van der Waals surface area contributed by atoms with Crippen LogP contribution < -0.4 is 5.32 Å². The molecule has 0 saturated carbocycles. The van der Waals surface area contributed by atoms with Crippen LogP contribution in [0.1, 0.15) is 10.4 Å². The Hall–Kier alpha value is -2.20. The summed E-state index contributed by atoms with van der Waals surface area (Å²) in [6, 6.07) is 13.7. The summed E-state index contributed by atoms with van der Waals surface area (Å²) in [4.78, 5) is 11.9. The minimum atomic E-state index is -0.428. The maximum Gasteiger partial charge on any atom is 0.251 e. The molecule has 0 radical (unpaired) electrons. The number of nitrogens with one attached hydrogen (secondary N) is 1. The largest absolute Gasteiger partial charge is 0.383 e. The molecular formula is C16H16FNO2. The summed E-state index contributed by atoms with van der Waals surface area (Å²) >= 11 is 0. The van der Waals surface area contributed by atoms with Crippen molar-refractivity contribution >= 4 is 5.91 Å². The van der Waals surface area contributed by atoms with Gasteiger partial charge in [0.1, 0.15) is 5.82 Å². The van der Waals surface area contributed by atoms with Gasteiger partial charge in [0.15, 0.2) is 0 Å². The first-order chi connectivity index (χ1) is 9.70. The lowest BCUT2D eigenvalue weighted by Crippen LogP contribution is -2.27. The van der Waals surface area contributed by atoms with E-state index < -0.39 is 5.82 Å². The van der Waals surface area contributed by atoms with Crippen LogP contribution >= 0.6 is 0 Å². The molecule has 0 fully saturated rings. The number of carbonyl (C=O) groups excluding carboxylic acids is 1. The molecule has 1 N–H and O–H groups in total. The number of benzene rings is 2. The first-order valence-electron chi connectivity index (χ1n) is 6.34. The summed E-state index contributed by atoms with van der Waals surface area (Å²) in [5.74, 6) is -0.734. The second kappa shape index (κ2) is 6.82. The van der Waals surface area contributed by atoms with E-state index in [2.05, 4.69) is 5.32 Å². The highest BCUT2D eigenvalue weighted by molar-refractivity contribution is 5.95. The fourth-order valence-electron chi connectivity index (χ4n) is 1.89. The highest BCUT2D eigenvalue weighted by Crippen LogP contribution is 2.21. The number of carbonyl (C=O) groups is 1. The molecule has 0 atom stereocenters. The lowest BCUT2D eigenvalue weighted by molar-refractivity contribution is 0.0936. The van der Waals surface area contributed by atoms with Crippen molar-refractivity contribution in [2.45, 2.75) is 0 Å². The van der Waals surface area contributed by atoms with Gasteiger partial charge < -0.3 is 10.1 Å². The van der Waals surface area contributed by atoms with Gasteiger partial charge in [-0.2, -0.15) is 0 Å². The van der Waals surface area contributed by atoms with E-state index in [1.807, 2.05) is 30.3 Å². The predicted molar refractivity (Wildman–Crippen MR) is 76.0 cm³/mol. The molecule has 104 valence electrons. The van der Waals surface area contributed by atoms with Crippen LogP contribution in [0, 0.1) is 5.82 Å². The van der Waals surface area contributed by atoms with E-state index in [0.29, 0.717) is 24.3 Å². The molecule has 0 bridgehead atoms. The van der Waals surface area contributed by atoms with E-state index in [4.69, 9.17) is 4.74 Å². The maximum atomic E-state index is 13.7. The Morgan fingerprint density at radius 1 is 1.15 bits per heavy atom. The van der Waals surface area contributed by atoms with Crippen molar-refractivity contribution in [1.29, 1.82) is 0 Å². The summed E-state index contributed by atoms with van der Waals surface area (Å²) in [6.07, 6.45) is 0. The zero-order valence-electron chi connectivity index (χ0n) is 11.2. The number of hydrogen-bond acceptors (Lipinski definition) is 2. The Morgan fingerprint density at radius 3 is 2.60 bits per heavy atom. The van der Waals surface area contributed by atoms with Gasteiger partial charge in [0, 0.05) is 19.2 Å². The lowest BCUT2D eigenvalue weighted by Gasteiger charge is -2.07. The zero-order chi connectivity index (χ0) is 14.4. The molecule has 4 heteroatoms. The van der Waals surface area contributed by atoms with Crippen molar-refractivity contribution in [1.82, 2.24) is 5.32 Å². The van der Waals surface area contributed by atoms with E-state index in [1.54, 1.807) is 13.2 Å². The Kier molecular flexibility index (Phi) is 4.85. The van der Waals surface area contributed by atoms with Crippen molar-refractivity contribution in [2.75, 3.05) is 20.3 Å².